The lowest BCUT2D eigenvalue weighted by Crippen LogP contribution is -2.61. The number of halogens is 2. The molecule has 1 unspecified atom stereocenters. The van der Waals surface area contributed by atoms with E-state index >= 15 is 0 Å². The second-order valence-corrected chi connectivity index (χ2v) is 8.65. The van der Waals surface area contributed by atoms with E-state index in [9.17, 15) is 9.18 Å². The minimum Gasteiger partial charge on any atom is -0.457 e. The SMILES string of the molecule is O=C(Nc1ccc(Oc2ccc(F)cc2)cc1)N1CC(NC2CCc3cc(Cl)ccc32)C1. The maximum atomic E-state index is 13.0. The quantitative estimate of drug-likeness (QED) is 0.518. The van der Waals surface area contributed by atoms with Gasteiger partial charge in [-0.15, -0.1) is 0 Å². The first-order chi connectivity index (χ1) is 15.5. The molecule has 2 N–H and O–H groups in total. The molecular formula is C25H23ClFN3O2. The van der Waals surface area contributed by atoms with Gasteiger partial charge in [0.05, 0.1) is 0 Å². The highest BCUT2D eigenvalue weighted by Crippen LogP contribution is 2.34. The highest BCUT2D eigenvalue weighted by Gasteiger charge is 2.34. The average Bonchev–Trinajstić information content (AvgIpc) is 3.15. The van der Waals surface area contributed by atoms with Crippen molar-refractivity contribution in [3.05, 3.63) is 88.7 Å². The summed E-state index contributed by atoms with van der Waals surface area (Å²) in [6.45, 7) is 1.36. The lowest BCUT2D eigenvalue weighted by atomic mass is 10.0. The molecule has 32 heavy (non-hydrogen) atoms. The van der Waals surface area contributed by atoms with Crippen LogP contribution < -0.4 is 15.4 Å². The Morgan fingerprint density at radius 1 is 1.00 bits per heavy atom. The lowest BCUT2D eigenvalue weighted by molar-refractivity contribution is 0.142. The third kappa shape index (κ3) is 4.56. The molecule has 0 bridgehead atoms. The zero-order valence-electron chi connectivity index (χ0n) is 17.4. The number of hydrogen-bond acceptors (Lipinski definition) is 3. The van der Waals surface area contributed by atoms with E-state index < -0.39 is 0 Å². The number of ether oxygens (including phenoxy) is 1. The molecule has 7 heteroatoms. The highest BCUT2D eigenvalue weighted by atomic mass is 35.5. The Morgan fingerprint density at radius 3 is 2.41 bits per heavy atom. The van der Waals surface area contributed by atoms with Crippen molar-refractivity contribution in [3.63, 3.8) is 0 Å². The molecule has 5 nitrogen and oxygen atoms in total. The number of nitrogens with one attached hydrogen (secondary N) is 2. The second kappa shape index (κ2) is 8.81. The Balaban J connectivity index is 1.09. The maximum Gasteiger partial charge on any atom is 0.321 e. The predicted molar refractivity (Wildman–Crippen MR) is 123 cm³/mol. The van der Waals surface area contributed by atoms with E-state index in [1.807, 2.05) is 6.07 Å². The monoisotopic (exact) mass is 451 g/mol. The van der Waals surface area contributed by atoms with Gasteiger partial charge in [0, 0.05) is 35.9 Å². The molecule has 2 amide bonds. The molecule has 0 aromatic heterocycles. The van der Waals surface area contributed by atoms with Crippen LogP contribution in [0.25, 0.3) is 0 Å². The summed E-state index contributed by atoms with van der Waals surface area (Å²) >= 11 is 6.09. The summed E-state index contributed by atoms with van der Waals surface area (Å²) in [7, 11) is 0. The van der Waals surface area contributed by atoms with Crippen molar-refractivity contribution in [1.29, 1.82) is 0 Å². The number of fused-ring (bicyclic) bond motifs is 1. The number of anilines is 1. The molecule has 3 aromatic rings. The molecule has 2 aliphatic rings. The normalized spacial score (nSPS) is 17.6. The van der Waals surface area contributed by atoms with E-state index in [1.54, 1.807) is 41.3 Å². The number of rotatable bonds is 5. The molecule has 0 radical (unpaired) electrons. The molecule has 1 aliphatic carbocycles. The van der Waals surface area contributed by atoms with E-state index in [0.29, 0.717) is 42.4 Å². The number of carbonyl (C=O) groups excluding carboxylic acids is 1. The molecule has 0 spiro atoms. The van der Waals surface area contributed by atoms with Gasteiger partial charge in [-0.25, -0.2) is 9.18 Å². The average molecular weight is 452 g/mol. The summed E-state index contributed by atoms with van der Waals surface area (Å²) in [5.74, 6) is 0.855. The predicted octanol–water partition coefficient (Wildman–Crippen LogP) is 5.76. The lowest BCUT2D eigenvalue weighted by Gasteiger charge is -2.41. The van der Waals surface area contributed by atoms with E-state index in [-0.39, 0.29) is 11.8 Å². The van der Waals surface area contributed by atoms with Gasteiger partial charge >= 0.3 is 6.03 Å². The van der Waals surface area contributed by atoms with Crippen LogP contribution in [0.5, 0.6) is 11.5 Å². The van der Waals surface area contributed by atoms with E-state index in [0.717, 1.165) is 17.9 Å². The number of likely N-dealkylation sites (tertiary alicyclic amines) is 1. The van der Waals surface area contributed by atoms with Crippen molar-refractivity contribution < 1.29 is 13.9 Å². The van der Waals surface area contributed by atoms with Crippen molar-refractivity contribution in [2.75, 3.05) is 18.4 Å². The summed E-state index contributed by atoms with van der Waals surface area (Å²) in [6.07, 6.45) is 2.09. The van der Waals surface area contributed by atoms with Gasteiger partial charge in [-0.1, -0.05) is 17.7 Å². The topological polar surface area (TPSA) is 53.6 Å². The highest BCUT2D eigenvalue weighted by molar-refractivity contribution is 6.30. The second-order valence-electron chi connectivity index (χ2n) is 8.21. The van der Waals surface area contributed by atoms with E-state index in [1.165, 1.54) is 23.3 Å². The third-order valence-electron chi connectivity index (χ3n) is 5.94. The molecule has 3 aromatic carbocycles. The molecular weight excluding hydrogens is 429 g/mol. The summed E-state index contributed by atoms with van der Waals surface area (Å²) in [5.41, 5.74) is 3.33. The number of hydrogen-bond donors (Lipinski definition) is 2. The van der Waals surface area contributed by atoms with Gasteiger partial charge < -0.3 is 20.3 Å². The van der Waals surface area contributed by atoms with Gasteiger partial charge in [0.25, 0.3) is 0 Å². The number of nitrogens with zero attached hydrogens (tertiary/aromatic N) is 1. The largest absolute Gasteiger partial charge is 0.457 e. The molecule has 164 valence electrons. The van der Waals surface area contributed by atoms with Crippen molar-refractivity contribution in [2.45, 2.75) is 24.9 Å². The van der Waals surface area contributed by atoms with Crippen LogP contribution in [0, 0.1) is 5.82 Å². The van der Waals surface area contributed by atoms with Crippen LogP contribution in [0.1, 0.15) is 23.6 Å². The van der Waals surface area contributed by atoms with Gasteiger partial charge in [-0.2, -0.15) is 0 Å². The molecule has 1 saturated heterocycles. The smallest absolute Gasteiger partial charge is 0.321 e. The fourth-order valence-electron chi connectivity index (χ4n) is 4.24. The molecule has 0 saturated carbocycles. The Morgan fingerprint density at radius 2 is 1.69 bits per heavy atom. The number of benzene rings is 3. The van der Waals surface area contributed by atoms with Gasteiger partial charge in [0.1, 0.15) is 17.3 Å². The first-order valence-electron chi connectivity index (χ1n) is 10.7. The van der Waals surface area contributed by atoms with Crippen molar-refractivity contribution in [3.8, 4) is 11.5 Å². The molecule has 1 heterocycles. The minimum atomic E-state index is -0.309. The van der Waals surface area contributed by atoms with Crippen LogP contribution in [-0.4, -0.2) is 30.1 Å². The maximum absolute atomic E-state index is 13.0. The summed E-state index contributed by atoms with van der Waals surface area (Å²) < 4.78 is 18.7. The Labute approximate surface area is 191 Å². The van der Waals surface area contributed by atoms with Crippen LogP contribution in [0.15, 0.2) is 66.7 Å². The van der Waals surface area contributed by atoms with E-state index in [2.05, 4.69) is 22.8 Å². The Kier molecular flexibility index (Phi) is 5.72. The zero-order valence-corrected chi connectivity index (χ0v) is 18.1. The van der Waals surface area contributed by atoms with Gasteiger partial charge in [0.2, 0.25) is 0 Å². The van der Waals surface area contributed by atoms with E-state index in [4.69, 9.17) is 16.3 Å². The fraction of sp³-hybridized carbons (Fsp3) is 0.240. The van der Waals surface area contributed by atoms with Crippen LogP contribution in [-0.2, 0) is 6.42 Å². The van der Waals surface area contributed by atoms with Crippen molar-refractivity contribution in [1.82, 2.24) is 10.2 Å². The number of carbonyl (C=O) groups is 1. The Hall–Kier alpha value is -3.09. The Bertz CT molecular complexity index is 1120. The molecule has 1 aliphatic heterocycles. The standard InChI is InChI=1S/C25H23ClFN3O2/c26-17-2-11-23-16(13-17)1-12-24(23)28-20-14-30(15-20)25(31)29-19-5-9-22(10-6-19)32-21-7-3-18(27)4-8-21/h2-11,13,20,24,28H,1,12,14-15H2,(H,29,31). The first kappa shape index (κ1) is 20.8. The molecule has 5 rings (SSSR count). The fourth-order valence-corrected chi connectivity index (χ4v) is 4.44. The molecule has 1 fully saturated rings. The summed E-state index contributed by atoms with van der Waals surface area (Å²) in [5, 5.41) is 7.37. The number of aryl methyl sites for hydroxylation is 1. The zero-order chi connectivity index (χ0) is 22.1. The third-order valence-corrected chi connectivity index (χ3v) is 6.18. The van der Waals surface area contributed by atoms with Crippen molar-refractivity contribution >= 4 is 23.3 Å². The van der Waals surface area contributed by atoms with Gasteiger partial charge in [-0.05, 0) is 84.6 Å². The summed E-state index contributed by atoms with van der Waals surface area (Å²) in [4.78, 5) is 14.3. The van der Waals surface area contributed by atoms with Gasteiger partial charge in [0.15, 0.2) is 0 Å². The number of urea groups is 1. The summed E-state index contributed by atoms with van der Waals surface area (Å²) in [6, 6.07) is 19.5. The van der Waals surface area contributed by atoms with Gasteiger partial charge in [-0.3, -0.25) is 0 Å². The molecule has 1 atom stereocenters. The van der Waals surface area contributed by atoms with Crippen LogP contribution in [0.3, 0.4) is 0 Å². The van der Waals surface area contributed by atoms with Crippen LogP contribution in [0.4, 0.5) is 14.9 Å². The minimum absolute atomic E-state index is 0.117. The first-order valence-corrected chi connectivity index (χ1v) is 11.0. The van der Waals surface area contributed by atoms with Crippen molar-refractivity contribution in [2.24, 2.45) is 0 Å². The number of amides is 2. The van der Waals surface area contributed by atoms with Crippen LogP contribution >= 0.6 is 11.6 Å². The van der Waals surface area contributed by atoms with Crippen LogP contribution in [0.2, 0.25) is 5.02 Å².